The molecule has 0 saturated carbocycles. The van der Waals surface area contributed by atoms with Crippen molar-refractivity contribution in [3.63, 3.8) is 0 Å². The third-order valence-corrected chi connectivity index (χ3v) is 5.71. The molecule has 0 aliphatic carbocycles. The van der Waals surface area contributed by atoms with E-state index in [0.29, 0.717) is 62.7 Å². The van der Waals surface area contributed by atoms with Crippen molar-refractivity contribution in [3.8, 4) is 11.5 Å². The Bertz CT molecular complexity index is 919. The molecule has 1 heterocycles. The average molecular weight is 440 g/mol. The third kappa shape index (κ3) is 5.72. The van der Waals surface area contributed by atoms with Crippen molar-refractivity contribution in [3.05, 3.63) is 53.6 Å². The number of piperazine rings is 1. The van der Waals surface area contributed by atoms with Gasteiger partial charge in [0, 0.05) is 57.9 Å². The quantitative estimate of drug-likeness (QED) is 0.633. The molecule has 32 heavy (non-hydrogen) atoms. The van der Waals surface area contributed by atoms with Crippen LogP contribution in [-0.2, 0) is 11.2 Å². The Morgan fingerprint density at radius 3 is 2.19 bits per heavy atom. The summed E-state index contributed by atoms with van der Waals surface area (Å²) in [7, 11) is 5.56. The summed E-state index contributed by atoms with van der Waals surface area (Å²) < 4.78 is 10.9. The number of benzene rings is 2. The summed E-state index contributed by atoms with van der Waals surface area (Å²) in [5, 5.41) is 0. The summed E-state index contributed by atoms with van der Waals surface area (Å²) in [6, 6.07) is 13.4. The lowest BCUT2D eigenvalue weighted by atomic mass is 10.1. The lowest BCUT2D eigenvalue weighted by molar-refractivity contribution is -0.132. The second-order valence-electron chi connectivity index (χ2n) is 8.03. The Hall–Kier alpha value is -3.22. The van der Waals surface area contributed by atoms with Gasteiger partial charge in [0.15, 0.2) is 11.5 Å². The molecule has 7 nitrogen and oxygen atoms in total. The van der Waals surface area contributed by atoms with E-state index in [-0.39, 0.29) is 11.8 Å². The van der Waals surface area contributed by atoms with E-state index in [1.807, 2.05) is 78.2 Å². The van der Waals surface area contributed by atoms with Gasteiger partial charge in [-0.25, -0.2) is 0 Å². The number of methoxy groups -OCH3 is 1. The maximum absolute atomic E-state index is 12.8. The molecule has 0 N–H and O–H groups in total. The Labute approximate surface area is 190 Å². The normalized spacial score (nSPS) is 13.6. The minimum Gasteiger partial charge on any atom is -0.493 e. The molecule has 0 bridgehead atoms. The highest BCUT2D eigenvalue weighted by molar-refractivity contribution is 5.94. The van der Waals surface area contributed by atoms with E-state index in [4.69, 9.17) is 9.47 Å². The van der Waals surface area contributed by atoms with Crippen molar-refractivity contribution in [2.24, 2.45) is 0 Å². The first-order chi connectivity index (χ1) is 15.4. The predicted octanol–water partition coefficient (Wildman–Crippen LogP) is 3.08. The van der Waals surface area contributed by atoms with Crippen molar-refractivity contribution in [1.82, 2.24) is 9.80 Å². The molecule has 7 heteroatoms. The van der Waals surface area contributed by atoms with Gasteiger partial charge in [-0.1, -0.05) is 6.07 Å². The summed E-state index contributed by atoms with van der Waals surface area (Å²) in [5.74, 6) is 1.52. The first kappa shape index (κ1) is 23.4. The molecule has 2 amide bonds. The fraction of sp³-hybridized carbons (Fsp3) is 0.440. The molecule has 0 unspecified atom stereocenters. The smallest absolute Gasteiger partial charge is 0.253 e. The molecule has 0 radical (unpaired) electrons. The molecular weight excluding hydrogens is 406 g/mol. The lowest BCUT2D eigenvalue weighted by Gasteiger charge is -2.35. The van der Waals surface area contributed by atoms with Gasteiger partial charge in [-0.15, -0.1) is 0 Å². The van der Waals surface area contributed by atoms with Crippen molar-refractivity contribution in [2.75, 3.05) is 58.9 Å². The van der Waals surface area contributed by atoms with Gasteiger partial charge in [0.1, 0.15) is 0 Å². The second kappa shape index (κ2) is 10.9. The zero-order chi connectivity index (χ0) is 23.1. The topological polar surface area (TPSA) is 62.3 Å². The Kier molecular flexibility index (Phi) is 7.98. The molecule has 0 aromatic heterocycles. The summed E-state index contributed by atoms with van der Waals surface area (Å²) in [5.41, 5.74) is 2.77. The summed E-state index contributed by atoms with van der Waals surface area (Å²) in [6.07, 6.45) is 1.07. The number of carbonyl (C=O) groups is 2. The Morgan fingerprint density at radius 2 is 1.59 bits per heavy atom. The van der Waals surface area contributed by atoms with Crippen LogP contribution in [0.3, 0.4) is 0 Å². The van der Waals surface area contributed by atoms with Crippen LogP contribution in [0, 0.1) is 0 Å². The van der Waals surface area contributed by atoms with Crippen LogP contribution in [0.25, 0.3) is 0 Å². The van der Waals surface area contributed by atoms with Crippen molar-refractivity contribution < 1.29 is 19.1 Å². The van der Waals surface area contributed by atoms with E-state index < -0.39 is 0 Å². The molecule has 0 atom stereocenters. The van der Waals surface area contributed by atoms with Crippen LogP contribution >= 0.6 is 0 Å². The first-order valence-corrected chi connectivity index (χ1v) is 11.1. The first-order valence-electron chi connectivity index (χ1n) is 11.1. The number of hydrogen-bond donors (Lipinski definition) is 0. The van der Waals surface area contributed by atoms with Gasteiger partial charge in [-0.3, -0.25) is 9.59 Å². The van der Waals surface area contributed by atoms with Crippen LogP contribution in [0.2, 0.25) is 0 Å². The van der Waals surface area contributed by atoms with Crippen LogP contribution < -0.4 is 14.4 Å². The van der Waals surface area contributed by atoms with E-state index in [9.17, 15) is 9.59 Å². The molecule has 1 fully saturated rings. The van der Waals surface area contributed by atoms with Crippen molar-refractivity contribution in [1.29, 1.82) is 0 Å². The van der Waals surface area contributed by atoms with Gasteiger partial charge in [0.05, 0.1) is 13.7 Å². The highest BCUT2D eigenvalue weighted by Gasteiger charge is 2.24. The maximum Gasteiger partial charge on any atom is 0.253 e. The molecule has 0 spiro atoms. The van der Waals surface area contributed by atoms with E-state index in [1.165, 1.54) is 0 Å². The molecule has 1 aliphatic rings. The minimum atomic E-state index is 0.0175. The van der Waals surface area contributed by atoms with E-state index in [0.717, 1.165) is 11.3 Å². The van der Waals surface area contributed by atoms with Crippen molar-refractivity contribution in [2.45, 2.75) is 19.8 Å². The predicted molar refractivity (Wildman–Crippen MR) is 126 cm³/mol. The molecule has 3 rings (SSSR count). The Morgan fingerprint density at radius 1 is 0.938 bits per heavy atom. The highest BCUT2D eigenvalue weighted by atomic mass is 16.5. The number of carbonyl (C=O) groups excluding carboxylic acids is 2. The van der Waals surface area contributed by atoms with Crippen LogP contribution in [0.5, 0.6) is 11.5 Å². The van der Waals surface area contributed by atoms with Gasteiger partial charge in [-0.2, -0.15) is 0 Å². The number of hydrogen-bond acceptors (Lipinski definition) is 5. The summed E-state index contributed by atoms with van der Waals surface area (Å²) in [6.45, 7) is 4.73. The fourth-order valence-corrected chi connectivity index (χ4v) is 3.80. The summed E-state index contributed by atoms with van der Waals surface area (Å²) >= 11 is 0. The van der Waals surface area contributed by atoms with Crippen LogP contribution in [0.4, 0.5) is 5.69 Å². The van der Waals surface area contributed by atoms with Crippen LogP contribution in [0.1, 0.15) is 29.3 Å². The minimum absolute atomic E-state index is 0.0175. The molecule has 1 aliphatic heterocycles. The van der Waals surface area contributed by atoms with Crippen LogP contribution in [0.15, 0.2) is 42.5 Å². The average Bonchev–Trinajstić information content (AvgIpc) is 2.83. The van der Waals surface area contributed by atoms with E-state index >= 15 is 0 Å². The lowest BCUT2D eigenvalue weighted by Crippen LogP contribution is -2.50. The monoisotopic (exact) mass is 439 g/mol. The fourth-order valence-electron chi connectivity index (χ4n) is 3.80. The third-order valence-electron chi connectivity index (χ3n) is 5.71. The SMILES string of the molecule is CCOc1ccc(CCC(=O)N2CCN(C(=O)c3ccc(N(C)C)cc3)CC2)cc1OC. The number of amides is 2. The van der Waals surface area contributed by atoms with E-state index in [2.05, 4.69) is 0 Å². The molecule has 1 saturated heterocycles. The number of aryl methyl sites for hydroxylation is 1. The highest BCUT2D eigenvalue weighted by Crippen LogP contribution is 2.28. The van der Waals surface area contributed by atoms with Gasteiger partial charge < -0.3 is 24.2 Å². The number of rotatable bonds is 8. The number of nitrogens with zero attached hydrogens (tertiary/aromatic N) is 3. The van der Waals surface area contributed by atoms with E-state index in [1.54, 1.807) is 7.11 Å². The van der Waals surface area contributed by atoms with Gasteiger partial charge in [0.2, 0.25) is 5.91 Å². The second-order valence-corrected chi connectivity index (χ2v) is 8.03. The molecule has 2 aromatic rings. The zero-order valence-electron chi connectivity index (χ0n) is 19.5. The van der Waals surface area contributed by atoms with Crippen LogP contribution in [-0.4, -0.2) is 75.6 Å². The summed E-state index contributed by atoms with van der Waals surface area (Å²) in [4.78, 5) is 31.2. The van der Waals surface area contributed by atoms with Gasteiger partial charge >= 0.3 is 0 Å². The van der Waals surface area contributed by atoms with Crippen molar-refractivity contribution >= 4 is 17.5 Å². The number of ether oxygens (including phenoxy) is 2. The van der Waals surface area contributed by atoms with Gasteiger partial charge in [0.25, 0.3) is 5.91 Å². The van der Waals surface area contributed by atoms with Gasteiger partial charge in [-0.05, 0) is 55.3 Å². The molecule has 2 aromatic carbocycles. The molecule has 172 valence electrons. The number of anilines is 1. The standard InChI is InChI=1S/C25H33N3O4/c1-5-32-22-12-6-19(18-23(22)31-4)7-13-24(29)27-14-16-28(17-15-27)25(30)20-8-10-21(11-9-20)26(2)3/h6,8-12,18H,5,7,13-17H2,1-4H3. The molecular formula is C25H33N3O4. The Balaban J connectivity index is 1.49. The zero-order valence-corrected chi connectivity index (χ0v) is 19.5. The largest absolute Gasteiger partial charge is 0.493 e. The maximum atomic E-state index is 12.8.